The summed E-state index contributed by atoms with van der Waals surface area (Å²) < 4.78 is 20.4. The molecule has 0 radical (unpaired) electrons. The van der Waals surface area contributed by atoms with E-state index in [1.165, 1.54) is 20.3 Å². The van der Waals surface area contributed by atoms with Crippen molar-refractivity contribution in [2.45, 2.75) is 0 Å². The van der Waals surface area contributed by atoms with Crippen LogP contribution in [0.2, 0.25) is 0 Å². The van der Waals surface area contributed by atoms with Gasteiger partial charge in [0.05, 0.1) is 14.2 Å². The first-order valence-corrected chi connectivity index (χ1v) is 7.22. The van der Waals surface area contributed by atoms with Gasteiger partial charge in [-0.2, -0.15) is 0 Å². The average Bonchev–Trinajstić information content (AvgIpc) is 2.64. The third-order valence-corrected chi connectivity index (χ3v) is 3.17. The van der Waals surface area contributed by atoms with Crippen LogP contribution in [0.25, 0.3) is 0 Å². The van der Waals surface area contributed by atoms with Crippen LogP contribution in [-0.4, -0.2) is 39.2 Å². The first-order valence-electron chi connectivity index (χ1n) is 7.22. The van der Waals surface area contributed by atoms with Gasteiger partial charge in [-0.25, -0.2) is 4.79 Å². The van der Waals surface area contributed by atoms with Crippen LogP contribution in [0.4, 0.5) is 0 Å². The summed E-state index contributed by atoms with van der Waals surface area (Å²) in [4.78, 5) is 23.7. The van der Waals surface area contributed by atoms with Gasteiger partial charge in [0.25, 0.3) is 0 Å². The van der Waals surface area contributed by atoms with Crippen LogP contribution in [-0.2, 0) is 9.53 Å². The Hall–Kier alpha value is -3.02. The van der Waals surface area contributed by atoms with Gasteiger partial charge in [-0.3, -0.25) is 4.79 Å². The van der Waals surface area contributed by atoms with Crippen LogP contribution in [0.15, 0.2) is 48.5 Å². The monoisotopic (exact) mass is 330 g/mol. The van der Waals surface area contributed by atoms with Crippen molar-refractivity contribution in [1.82, 2.24) is 0 Å². The van der Waals surface area contributed by atoms with Crippen molar-refractivity contribution in [3.8, 4) is 17.2 Å². The number of ether oxygens (including phenoxy) is 4. The van der Waals surface area contributed by atoms with Gasteiger partial charge in [-0.1, -0.05) is 18.2 Å². The van der Waals surface area contributed by atoms with Gasteiger partial charge in [-0.15, -0.1) is 0 Å². The smallest absolute Gasteiger partial charge is 0.344 e. The highest BCUT2D eigenvalue weighted by molar-refractivity contribution is 5.98. The SMILES string of the molecule is COc1ccc(C(=O)COC(=O)COc2ccccc2)cc1OC. The van der Waals surface area contributed by atoms with Crippen LogP contribution >= 0.6 is 0 Å². The van der Waals surface area contributed by atoms with E-state index in [-0.39, 0.29) is 19.0 Å². The standard InChI is InChI=1S/C18H18O6/c1-21-16-9-8-13(10-17(16)22-2)15(19)11-24-18(20)12-23-14-6-4-3-5-7-14/h3-10H,11-12H2,1-2H3. The number of hydrogen-bond acceptors (Lipinski definition) is 6. The lowest BCUT2D eigenvalue weighted by Crippen LogP contribution is -2.19. The highest BCUT2D eigenvalue weighted by Crippen LogP contribution is 2.27. The Labute approximate surface area is 139 Å². The second kappa shape index (κ2) is 8.57. The van der Waals surface area contributed by atoms with Crippen LogP contribution in [0.3, 0.4) is 0 Å². The molecule has 0 atom stereocenters. The molecule has 24 heavy (non-hydrogen) atoms. The van der Waals surface area contributed by atoms with Crippen LogP contribution < -0.4 is 14.2 Å². The second-order valence-electron chi connectivity index (χ2n) is 4.76. The average molecular weight is 330 g/mol. The van der Waals surface area contributed by atoms with E-state index in [4.69, 9.17) is 18.9 Å². The molecule has 0 aliphatic heterocycles. The fraction of sp³-hybridized carbons (Fsp3) is 0.222. The maximum Gasteiger partial charge on any atom is 0.344 e. The van der Waals surface area contributed by atoms with E-state index >= 15 is 0 Å². The number of para-hydroxylation sites is 1. The van der Waals surface area contributed by atoms with E-state index in [9.17, 15) is 9.59 Å². The molecular formula is C18H18O6. The predicted octanol–water partition coefficient (Wildman–Crippen LogP) is 2.51. The summed E-state index contributed by atoms with van der Waals surface area (Å²) in [7, 11) is 2.99. The fourth-order valence-electron chi connectivity index (χ4n) is 1.94. The van der Waals surface area contributed by atoms with Crippen molar-refractivity contribution >= 4 is 11.8 Å². The Kier molecular flexibility index (Phi) is 6.19. The molecule has 0 fully saturated rings. The fourth-order valence-corrected chi connectivity index (χ4v) is 1.94. The highest BCUT2D eigenvalue weighted by Gasteiger charge is 2.13. The van der Waals surface area contributed by atoms with E-state index in [1.54, 1.807) is 36.4 Å². The largest absolute Gasteiger partial charge is 0.493 e. The maximum absolute atomic E-state index is 12.1. The number of rotatable bonds is 8. The first kappa shape index (κ1) is 17.3. The summed E-state index contributed by atoms with van der Waals surface area (Å²) in [5.74, 6) is 0.543. The van der Waals surface area contributed by atoms with Gasteiger partial charge in [0.15, 0.2) is 30.5 Å². The van der Waals surface area contributed by atoms with Crippen molar-refractivity contribution in [3.05, 3.63) is 54.1 Å². The molecule has 2 aromatic carbocycles. The number of ketones is 1. The minimum Gasteiger partial charge on any atom is -0.493 e. The summed E-state index contributed by atoms with van der Waals surface area (Å²) in [6, 6.07) is 13.6. The van der Waals surface area contributed by atoms with Gasteiger partial charge in [-0.05, 0) is 30.3 Å². The Morgan fingerprint density at radius 1 is 0.875 bits per heavy atom. The van der Waals surface area contributed by atoms with E-state index in [0.29, 0.717) is 22.8 Å². The highest BCUT2D eigenvalue weighted by atomic mass is 16.6. The van der Waals surface area contributed by atoms with Gasteiger partial charge >= 0.3 is 5.97 Å². The Bertz CT molecular complexity index is 696. The zero-order valence-electron chi connectivity index (χ0n) is 13.5. The molecule has 0 N–H and O–H groups in total. The molecule has 6 heteroatoms. The van der Waals surface area contributed by atoms with Crippen molar-refractivity contribution in [2.75, 3.05) is 27.4 Å². The van der Waals surface area contributed by atoms with Gasteiger partial charge in [0, 0.05) is 5.56 Å². The lowest BCUT2D eigenvalue weighted by atomic mass is 10.1. The van der Waals surface area contributed by atoms with E-state index in [0.717, 1.165) is 0 Å². The lowest BCUT2D eigenvalue weighted by molar-refractivity contribution is -0.144. The minimum atomic E-state index is -0.618. The molecule has 0 amide bonds. The molecule has 6 nitrogen and oxygen atoms in total. The molecule has 0 aliphatic carbocycles. The summed E-state index contributed by atoms with van der Waals surface area (Å²) in [5, 5.41) is 0. The number of esters is 1. The Balaban J connectivity index is 1.85. The molecule has 0 aromatic heterocycles. The number of benzene rings is 2. The lowest BCUT2D eigenvalue weighted by Gasteiger charge is -2.09. The Morgan fingerprint density at radius 3 is 2.25 bits per heavy atom. The maximum atomic E-state index is 12.1. The number of carbonyl (C=O) groups is 2. The summed E-state index contributed by atoms with van der Waals surface area (Å²) in [6.07, 6.45) is 0. The number of hydrogen-bond donors (Lipinski definition) is 0. The van der Waals surface area contributed by atoms with E-state index < -0.39 is 5.97 Å². The number of carbonyl (C=O) groups excluding carboxylic acids is 2. The minimum absolute atomic E-state index is 0.261. The molecule has 0 heterocycles. The zero-order valence-corrected chi connectivity index (χ0v) is 13.5. The third kappa shape index (κ3) is 4.74. The number of Topliss-reactive ketones (excluding diaryl/α,β-unsaturated/α-hetero) is 1. The summed E-state index contributed by atoms with van der Waals surface area (Å²) in [5.41, 5.74) is 0.365. The number of methoxy groups -OCH3 is 2. The quantitative estimate of drug-likeness (QED) is 0.547. The zero-order chi connectivity index (χ0) is 17.4. The molecule has 126 valence electrons. The van der Waals surface area contributed by atoms with Crippen LogP contribution in [0, 0.1) is 0 Å². The summed E-state index contributed by atoms with van der Waals surface area (Å²) >= 11 is 0. The molecule has 0 saturated heterocycles. The van der Waals surface area contributed by atoms with E-state index in [1.807, 2.05) is 6.07 Å². The molecule has 2 aromatic rings. The molecule has 0 aliphatic rings. The van der Waals surface area contributed by atoms with Gasteiger partial charge < -0.3 is 18.9 Å². The third-order valence-electron chi connectivity index (χ3n) is 3.17. The van der Waals surface area contributed by atoms with Crippen molar-refractivity contribution in [1.29, 1.82) is 0 Å². The van der Waals surface area contributed by atoms with Crippen molar-refractivity contribution < 1.29 is 28.5 Å². The second-order valence-corrected chi connectivity index (χ2v) is 4.76. The molecule has 0 spiro atoms. The summed E-state index contributed by atoms with van der Waals surface area (Å²) in [6.45, 7) is -0.629. The van der Waals surface area contributed by atoms with Crippen molar-refractivity contribution in [2.24, 2.45) is 0 Å². The Morgan fingerprint density at radius 2 is 1.58 bits per heavy atom. The predicted molar refractivity (Wildman–Crippen MR) is 86.8 cm³/mol. The topological polar surface area (TPSA) is 71.1 Å². The molecule has 2 rings (SSSR count). The first-order chi connectivity index (χ1) is 11.6. The molecule has 0 bridgehead atoms. The van der Waals surface area contributed by atoms with Crippen LogP contribution in [0.1, 0.15) is 10.4 Å². The van der Waals surface area contributed by atoms with E-state index in [2.05, 4.69) is 0 Å². The normalized spacial score (nSPS) is 9.92. The van der Waals surface area contributed by atoms with Gasteiger partial charge in [0.2, 0.25) is 0 Å². The van der Waals surface area contributed by atoms with Crippen LogP contribution in [0.5, 0.6) is 17.2 Å². The van der Waals surface area contributed by atoms with Crippen molar-refractivity contribution in [3.63, 3.8) is 0 Å². The molecule has 0 unspecified atom stereocenters. The molecule has 0 saturated carbocycles. The van der Waals surface area contributed by atoms with Gasteiger partial charge in [0.1, 0.15) is 5.75 Å². The molecular weight excluding hydrogens is 312 g/mol.